The topological polar surface area (TPSA) is 92.8 Å². The maximum Gasteiger partial charge on any atom is 0.259 e. The molecule has 1 atom stereocenters. The van der Waals surface area contributed by atoms with Crippen LogP contribution in [0.25, 0.3) is 0 Å². The fourth-order valence-corrected chi connectivity index (χ4v) is 5.54. The molecule has 1 unspecified atom stereocenters. The van der Waals surface area contributed by atoms with Gasteiger partial charge in [-0.2, -0.15) is 0 Å². The molecule has 0 radical (unpaired) electrons. The summed E-state index contributed by atoms with van der Waals surface area (Å²) < 4.78 is 31.3. The minimum atomic E-state index is -3.46. The van der Waals surface area contributed by atoms with Crippen LogP contribution in [0.15, 0.2) is 32.2 Å². The normalized spacial score (nSPS) is 14.3. The number of nitrogens with zero attached hydrogens (tertiary/aromatic N) is 1. The largest absolute Gasteiger partial charge is 0.386 e. The number of hydrogen-bond donors (Lipinski definition) is 2. The van der Waals surface area contributed by atoms with Gasteiger partial charge in [-0.05, 0) is 65.4 Å². The van der Waals surface area contributed by atoms with E-state index in [9.17, 15) is 18.5 Å². The smallest absolute Gasteiger partial charge is 0.259 e. The first-order chi connectivity index (χ1) is 13.2. The summed E-state index contributed by atoms with van der Waals surface area (Å²) in [5.74, 6) is -1.06. The molecule has 1 aromatic heterocycles. The predicted octanol–water partition coefficient (Wildman–Crippen LogP) is 4.83. The van der Waals surface area contributed by atoms with Gasteiger partial charge in [-0.1, -0.05) is 33.8 Å². The Bertz CT molecular complexity index is 1030. The number of amides is 1. The van der Waals surface area contributed by atoms with Crippen LogP contribution in [0.1, 0.15) is 75.6 Å². The second-order valence-corrected chi connectivity index (χ2v) is 11.2. The number of thiophene rings is 1. The van der Waals surface area contributed by atoms with Crippen LogP contribution in [0.2, 0.25) is 0 Å². The van der Waals surface area contributed by atoms with Gasteiger partial charge < -0.3 is 5.11 Å². The van der Waals surface area contributed by atoms with Crippen molar-refractivity contribution >= 4 is 27.2 Å². The van der Waals surface area contributed by atoms with Crippen molar-refractivity contribution in [1.29, 1.82) is 0 Å². The van der Waals surface area contributed by atoms with Gasteiger partial charge in [-0.3, -0.25) is 4.79 Å². The SMILES string of the molecule is CC(C)c1ccc(F)c(C(C)C)c1CC(=O)N=S(N)(=O)c1cc(C(C)(C)O)cs1. The second-order valence-electron chi connectivity index (χ2n) is 8.28. The lowest BCUT2D eigenvalue weighted by Gasteiger charge is -2.19. The van der Waals surface area contributed by atoms with Crippen LogP contribution in [-0.2, 0) is 26.7 Å². The fourth-order valence-electron chi connectivity index (χ4n) is 3.19. The third-order valence-corrected chi connectivity index (χ3v) is 7.57. The molecule has 8 heteroatoms. The summed E-state index contributed by atoms with van der Waals surface area (Å²) in [5.41, 5.74) is 1.36. The third kappa shape index (κ3) is 5.51. The Kier molecular flexibility index (Phi) is 7.05. The molecule has 160 valence electrons. The van der Waals surface area contributed by atoms with Crippen LogP contribution in [0.4, 0.5) is 4.39 Å². The van der Waals surface area contributed by atoms with Crippen molar-refractivity contribution in [2.75, 3.05) is 0 Å². The van der Waals surface area contributed by atoms with E-state index < -0.39 is 21.4 Å². The Balaban J connectivity index is 2.46. The quantitative estimate of drug-likeness (QED) is 0.674. The fraction of sp³-hybridized carbons (Fsp3) is 0.476. The molecule has 1 heterocycles. The van der Waals surface area contributed by atoms with Crippen molar-refractivity contribution in [2.45, 2.75) is 69.6 Å². The van der Waals surface area contributed by atoms with Gasteiger partial charge in [0.05, 0.1) is 12.0 Å². The van der Waals surface area contributed by atoms with Gasteiger partial charge in [0.1, 0.15) is 10.0 Å². The van der Waals surface area contributed by atoms with Gasteiger partial charge in [-0.25, -0.2) is 13.7 Å². The molecule has 0 saturated heterocycles. The highest BCUT2D eigenvalue weighted by atomic mass is 32.2. The molecule has 1 amide bonds. The number of aliphatic hydroxyl groups is 1. The predicted molar refractivity (Wildman–Crippen MR) is 116 cm³/mol. The molecule has 0 aliphatic heterocycles. The Morgan fingerprint density at radius 3 is 2.38 bits per heavy atom. The molecule has 0 saturated carbocycles. The summed E-state index contributed by atoms with van der Waals surface area (Å²) >= 11 is 1.08. The van der Waals surface area contributed by atoms with Crippen LogP contribution in [0.3, 0.4) is 0 Å². The van der Waals surface area contributed by atoms with Crippen LogP contribution < -0.4 is 5.14 Å². The Morgan fingerprint density at radius 2 is 1.90 bits per heavy atom. The molecule has 2 rings (SSSR count). The average Bonchev–Trinajstić information content (AvgIpc) is 3.04. The zero-order valence-corrected chi connectivity index (χ0v) is 19.3. The van der Waals surface area contributed by atoms with Gasteiger partial charge in [0, 0.05) is 0 Å². The summed E-state index contributed by atoms with van der Waals surface area (Å²) in [6.45, 7) is 10.9. The van der Waals surface area contributed by atoms with E-state index in [1.54, 1.807) is 25.3 Å². The molecule has 0 fully saturated rings. The molecule has 0 spiro atoms. The zero-order chi connectivity index (χ0) is 22.1. The highest BCUT2D eigenvalue weighted by Gasteiger charge is 2.23. The third-order valence-electron chi connectivity index (χ3n) is 4.68. The van der Waals surface area contributed by atoms with Gasteiger partial charge in [0.25, 0.3) is 5.91 Å². The number of hydrogen-bond acceptors (Lipinski definition) is 4. The van der Waals surface area contributed by atoms with Crippen LogP contribution in [-0.4, -0.2) is 15.2 Å². The summed E-state index contributed by atoms with van der Waals surface area (Å²) in [6, 6.07) is 4.61. The molecule has 0 aliphatic rings. The first-order valence-corrected chi connectivity index (χ1v) is 11.9. The highest BCUT2D eigenvalue weighted by Crippen LogP contribution is 2.31. The van der Waals surface area contributed by atoms with Gasteiger partial charge in [0.15, 0.2) is 9.92 Å². The first-order valence-electron chi connectivity index (χ1n) is 9.44. The lowest BCUT2D eigenvalue weighted by atomic mass is 9.86. The van der Waals surface area contributed by atoms with Crippen molar-refractivity contribution in [2.24, 2.45) is 9.50 Å². The summed E-state index contributed by atoms with van der Waals surface area (Å²) in [5, 5.41) is 17.6. The molecule has 2 aromatic rings. The van der Waals surface area contributed by atoms with Crippen molar-refractivity contribution in [3.63, 3.8) is 0 Å². The number of rotatable bonds is 6. The van der Waals surface area contributed by atoms with E-state index in [2.05, 4.69) is 4.36 Å². The van der Waals surface area contributed by atoms with E-state index in [0.717, 1.165) is 16.9 Å². The van der Waals surface area contributed by atoms with Crippen LogP contribution >= 0.6 is 11.3 Å². The minimum Gasteiger partial charge on any atom is -0.386 e. The van der Waals surface area contributed by atoms with Gasteiger partial charge >= 0.3 is 0 Å². The summed E-state index contributed by atoms with van der Waals surface area (Å²) in [6.07, 6.45) is -0.170. The van der Waals surface area contributed by atoms with E-state index >= 15 is 0 Å². The molecule has 0 aliphatic carbocycles. The van der Waals surface area contributed by atoms with Crippen molar-refractivity contribution < 1.29 is 18.5 Å². The molecule has 29 heavy (non-hydrogen) atoms. The van der Waals surface area contributed by atoms with E-state index in [1.165, 1.54) is 12.1 Å². The lowest BCUT2D eigenvalue weighted by Crippen LogP contribution is -2.17. The number of carbonyl (C=O) groups is 1. The van der Waals surface area contributed by atoms with Crippen LogP contribution in [0.5, 0.6) is 0 Å². The minimum absolute atomic E-state index is 0.0878. The van der Waals surface area contributed by atoms with E-state index in [4.69, 9.17) is 5.14 Å². The summed E-state index contributed by atoms with van der Waals surface area (Å²) in [7, 11) is -3.46. The van der Waals surface area contributed by atoms with Crippen molar-refractivity contribution in [3.8, 4) is 0 Å². The standard InChI is InChI=1S/C21H29FN2O3S2/c1-12(2)15-7-8-17(22)20(13(3)4)16(15)10-18(25)24-29(23,27)19-9-14(11-28-19)21(5,6)26/h7-9,11-13,26H,10H2,1-6H3,(H2,23,24,25,27). The number of nitrogens with two attached hydrogens (primary N) is 1. The number of carbonyl (C=O) groups excluding carboxylic acids is 1. The number of halogens is 1. The second kappa shape index (κ2) is 8.63. The monoisotopic (exact) mass is 440 g/mol. The molecule has 1 aromatic carbocycles. The molecule has 0 bridgehead atoms. The maximum absolute atomic E-state index is 14.5. The van der Waals surface area contributed by atoms with Crippen molar-refractivity contribution in [1.82, 2.24) is 0 Å². The van der Waals surface area contributed by atoms with Gasteiger partial charge in [0.2, 0.25) is 0 Å². The average molecular weight is 441 g/mol. The van der Waals surface area contributed by atoms with Crippen molar-refractivity contribution in [3.05, 3.63) is 51.7 Å². The van der Waals surface area contributed by atoms with E-state index in [-0.39, 0.29) is 28.3 Å². The maximum atomic E-state index is 14.5. The Morgan fingerprint density at radius 1 is 1.28 bits per heavy atom. The summed E-state index contributed by atoms with van der Waals surface area (Å²) in [4.78, 5) is 12.7. The molecular formula is C21H29FN2O3S2. The Labute approximate surface area is 176 Å². The molecule has 3 N–H and O–H groups in total. The first kappa shape index (κ1) is 23.7. The van der Waals surface area contributed by atoms with Crippen LogP contribution in [0, 0.1) is 5.82 Å². The Hall–Kier alpha value is -1.61. The van der Waals surface area contributed by atoms with E-state index in [1.807, 2.05) is 27.7 Å². The lowest BCUT2D eigenvalue weighted by molar-refractivity contribution is -0.117. The van der Waals surface area contributed by atoms with E-state index in [0.29, 0.717) is 16.7 Å². The number of benzene rings is 1. The zero-order valence-electron chi connectivity index (χ0n) is 17.7. The van der Waals surface area contributed by atoms with Gasteiger partial charge in [-0.15, -0.1) is 15.7 Å². The molecule has 5 nitrogen and oxygen atoms in total. The highest BCUT2D eigenvalue weighted by molar-refractivity contribution is 7.93. The molecular weight excluding hydrogens is 411 g/mol.